The maximum absolute atomic E-state index is 13.1. The second-order valence-electron chi connectivity index (χ2n) is 7.59. The lowest BCUT2D eigenvalue weighted by Gasteiger charge is -2.25. The average Bonchev–Trinajstić information content (AvgIpc) is 3.05. The minimum absolute atomic E-state index is 0.0600. The number of nitrogens with one attached hydrogen (secondary N) is 1. The van der Waals surface area contributed by atoms with Gasteiger partial charge in [-0.25, -0.2) is 8.42 Å². The number of benzene rings is 1. The van der Waals surface area contributed by atoms with Crippen LogP contribution in [0.25, 0.3) is 0 Å². The van der Waals surface area contributed by atoms with Crippen molar-refractivity contribution in [2.24, 2.45) is 0 Å². The molecule has 0 unspecified atom stereocenters. The summed E-state index contributed by atoms with van der Waals surface area (Å²) in [6.45, 7) is 4.66. The Bertz CT molecular complexity index is 1040. The van der Waals surface area contributed by atoms with E-state index in [2.05, 4.69) is 10.4 Å². The highest BCUT2D eigenvalue weighted by atomic mass is 32.2. The minimum Gasteiger partial charge on any atom is -0.493 e. The summed E-state index contributed by atoms with van der Waals surface area (Å²) in [5.41, 5.74) is 1.74. The molecule has 1 aromatic heterocycles. The van der Waals surface area contributed by atoms with Crippen molar-refractivity contribution in [1.82, 2.24) is 19.4 Å². The van der Waals surface area contributed by atoms with Crippen LogP contribution < -0.4 is 14.8 Å². The van der Waals surface area contributed by atoms with Crippen molar-refractivity contribution in [3.63, 3.8) is 0 Å². The highest BCUT2D eigenvalue weighted by Crippen LogP contribution is 2.28. The Morgan fingerprint density at radius 2 is 1.77 bits per heavy atom. The molecule has 2 heterocycles. The summed E-state index contributed by atoms with van der Waals surface area (Å²) in [4.78, 5) is 12.7. The zero-order chi connectivity index (χ0) is 22.6. The SMILES string of the molecule is COc1ccc(CNC(=O)Cn2nc(C)c(S(=O)(=O)N3CCCCC3)c2C)cc1OC. The first kappa shape index (κ1) is 23.1. The number of hydrogen-bond donors (Lipinski definition) is 1. The summed E-state index contributed by atoms with van der Waals surface area (Å²) in [5, 5.41) is 7.17. The van der Waals surface area contributed by atoms with Gasteiger partial charge in [0.15, 0.2) is 11.5 Å². The third-order valence-electron chi connectivity index (χ3n) is 5.46. The molecular weight excluding hydrogens is 420 g/mol. The first-order valence-corrected chi connectivity index (χ1v) is 11.7. The maximum Gasteiger partial charge on any atom is 0.246 e. The zero-order valence-electron chi connectivity index (χ0n) is 18.5. The van der Waals surface area contributed by atoms with E-state index in [1.807, 2.05) is 6.07 Å². The van der Waals surface area contributed by atoms with E-state index in [1.165, 1.54) is 8.99 Å². The topological polar surface area (TPSA) is 103 Å². The molecule has 1 fully saturated rings. The van der Waals surface area contributed by atoms with Gasteiger partial charge in [-0.1, -0.05) is 12.5 Å². The minimum atomic E-state index is -3.62. The average molecular weight is 451 g/mol. The summed E-state index contributed by atoms with van der Waals surface area (Å²) in [5.74, 6) is 0.935. The van der Waals surface area contributed by atoms with Crippen molar-refractivity contribution >= 4 is 15.9 Å². The first-order chi connectivity index (χ1) is 14.8. The van der Waals surface area contributed by atoms with Crippen molar-refractivity contribution in [3.8, 4) is 11.5 Å². The van der Waals surface area contributed by atoms with Crippen LogP contribution in [0.2, 0.25) is 0 Å². The Hall–Kier alpha value is -2.59. The molecule has 1 aromatic carbocycles. The second-order valence-corrected chi connectivity index (χ2v) is 9.46. The molecule has 9 nitrogen and oxygen atoms in total. The van der Waals surface area contributed by atoms with Crippen LogP contribution in [-0.4, -0.2) is 55.7 Å². The Morgan fingerprint density at radius 3 is 2.42 bits per heavy atom. The van der Waals surface area contributed by atoms with Gasteiger partial charge in [-0.05, 0) is 44.4 Å². The molecule has 1 amide bonds. The zero-order valence-corrected chi connectivity index (χ0v) is 19.3. The Kier molecular flexibility index (Phi) is 7.22. The molecule has 3 rings (SSSR count). The van der Waals surface area contributed by atoms with Crippen molar-refractivity contribution in [1.29, 1.82) is 0 Å². The predicted molar refractivity (Wildman–Crippen MR) is 116 cm³/mol. The largest absolute Gasteiger partial charge is 0.493 e. The lowest BCUT2D eigenvalue weighted by atomic mass is 10.2. The molecule has 2 aromatic rings. The van der Waals surface area contributed by atoms with Crippen LogP contribution in [-0.2, 0) is 27.9 Å². The van der Waals surface area contributed by atoms with Gasteiger partial charge < -0.3 is 14.8 Å². The lowest BCUT2D eigenvalue weighted by Crippen LogP contribution is -2.36. The van der Waals surface area contributed by atoms with Gasteiger partial charge >= 0.3 is 0 Å². The van der Waals surface area contributed by atoms with Crippen LogP contribution >= 0.6 is 0 Å². The van der Waals surface area contributed by atoms with E-state index >= 15 is 0 Å². The number of piperidine rings is 1. The number of carbonyl (C=O) groups is 1. The van der Waals surface area contributed by atoms with E-state index in [-0.39, 0.29) is 17.3 Å². The van der Waals surface area contributed by atoms with Gasteiger partial charge in [-0.15, -0.1) is 0 Å². The molecule has 1 N–H and O–H groups in total. The van der Waals surface area contributed by atoms with Crippen molar-refractivity contribution in [3.05, 3.63) is 35.2 Å². The van der Waals surface area contributed by atoms with Crippen LogP contribution in [0.3, 0.4) is 0 Å². The maximum atomic E-state index is 13.1. The summed E-state index contributed by atoms with van der Waals surface area (Å²) in [7, 11) is -0.498. The van der Waals surface area contributed by atoms with Gasteiger partial charge in [0.1, 0.15) is 11.4 Å². The molecule has 0 atom stereocenters. The number of aromatic nitrogens is 2. The normalized spacial score (nSPS) is 15.0. The summed E-state index contributed by atoms with van der Waals surface area (Å²) < 4.78 is 39.7. The Balaban J connectivity index is 1.69. The fourth-order valence-corrected chi connectivity index (χ4v) is 5.72. The fourth-order valence-electron chi connectivity index (χ4n) is 3.83. The molecule has 0 bridgehead atoms. The van der Waals surface area contributed by atoms with Gasteiger partial charge in [0.05, 0.1) is 25.6 Å². The molecule has 0 saturated carbocycles. The third-order valence-corrected chi connectivity index (χ3v) is 7.61. The quantitative estimate of drug-likeness (QED) is 0.660. The monoisotopic (exact) mass is 450 g/mol. The number of sulfonamides is 1. The van der Waals surface area contributed by atoms with E-state index in [9.17, 15) is 13.2 Å². The molecule has 0 aliphatic carbocycles. The summed E-state index contributed by atoms with van der Waals surface area (Å²) in [6, 6.07) is 5.42. The first-order valence-electron chi connectivity index (χ1n) is 10.3. The molecular formula is C21H30N4O5S. The number of ether oxygens (including phenoxy) is 2. The fraction of sp³-hybridized carbons (Fsp3) is 0.524. The molecule has 31 heavy (non-hydrogen) atoms. The molecule has 0 radical (unpaired) electrons. The number of carbonyl (C=O) groups excluding carboxylic acids is 1. The molecule has 1 saturated heterocycles. The summed E-state index contributed by atoms with van der Waals surface area (Å²) >= 11 is 0. The number of aryl methyl sites for hydroxylation is 1. The number of amides is 1. The van der Waals surface area contributed by atoms with Crippen molar-refractivity contribution in [2.45, 2.75) is 51.1 Å². The van der Waals surface area contributed by atoms with Gasteiger partial charge in [0, 0.05) is 19.6 Å². The molecule has 1 aliphatic heterocycles. The highest BCUT2D eigenvalue weighted by Gasteiger charge is 2.32. The van der Waals surface area contributed by atoms with Crippen LogP contribution in [0.15, 0.2) is 23.1 Å². The smallest absolute Gasteiger partial charge is 0.246 e. The molecule has 1 aliphatic rings. The molecule has 0 spiro atoms. The number of hydrogen-bond acceptors (Lipinski definition) is 6. The number of nitrogens with zero attached hydrogens (tertiary/aromatic N) is 3. The van der Waals surface area contributed by atoms with Crippen LogP contribution in [0.4, 0.5) is 0 Å². The van der Waals surface area contributed by atoms with Gasteiger partial charge in [-0.2, -0.15) is 9.40 Å². The Labute approximate surface area is 183 Å². The number of rotatable bonds is 8. The van der Waals surface area contributed by atoms with Crippen LogP contribution in [0, 0.1) is 13.8 Å². The second kappa shape index (κ2) is 9.69. The van der Waals surface area contributed by atoms with Crippen molar-refractivity contribution < 1.29 is 22.7 Å². The highest BCUT2D eigenvalue weighted by molar-refractivity contribution is 7.89. The van der Waals surface area contributed by atoms with E-state index in [0.29, 0.717) is 42.5 Å². The van der Waals surface area contributed by atoms with Crippen LogP contribution in [0.5, 0.6) is 11.5 Å². The Morgan fingerprint density at radius 1 is 1.10 bits per heavy atom. The summed E-state index contributed by atoms with van der Waals surface area (Å²) in [6.07, 6.45) is 2.78. The lowest BCUT2D eigenvalue weighted by molar-refractivity contribution is -0.122. The third kappa shape index (κ3) is 5.01. The van der Waals surface area contributed by atoms with E-state index in [4.69, 9.17) is 9.47 Å². The standard InChI is InChI=1S/C21H30N4O5S/c1-15-21(31(27,28)24-10-6-5-7-11-24)16(2)25(23-15)14-20(26)22-13-17-8-9-18(29-3)19(12-17)30-4/h8-9,12H,5-7,10-11,13-14H2,1-4H3,(H,22,26). The predicted octanol–water partition coefficient (Wildman–Crippen LogP) is 2.01. The molecule has 170 valence electrons. The van der Waals surface area contributed by atoms with Gasteiger partial charge in [0.25, 0.3) is 0 Å². The van der Waals surface area contributed by atoms with Crippen molar-refractivity contribution in [2.75, 3.05) is 27.3 Å². The van der Waals surface area contributed by atoms with Crippen LogP contribution in [0.1, 0.15) is 36.2 Å². The van der Waals surface area contributed by atoms with Gasteiger partial charge in [-0.3, -0.25) is 9.48 Å². The molecule has 10 heteroatoms. The van der Waals surface area contributed by atoms with Gasteiger partial charge in [0.2, 0.25) is 15.9 Å². The van der Waals surface area contributed by atoms with E-state index < -0.39 is 10.0 Å². The van der Waals surface area contributed by atoms with E-state index in [1.54, 1.807) is 40.2 Å². The van der Waals surface area contributed by atoms with E-state index in [0.717, 1.165) is 24.8 Å². The number of methoxy groups -OCH3 is 2.